The molecule has 32 heavy (non-hydrogen) atoms. The summed E-state index contributed by atoms with van der Waals surface area (Å²) in [6.07, 6.45) is 3.38. The summed E-state index contributed by atoms with van der Waals surface area (Å²) in [6.45, 7) is 1.87. The minimum absolute atomic E-state index is 0.143. The van der Waals surface area contributed by atoms with Crippen molar-refractivity contribution in [1.29, 1.82) is 0 Å². The number of fused-ring (bicyclic) bond motifs is 1. The number of carbonyl (C=O) groups excluding carboxylic acids is 2. The Morgan fingerprint density at radius 1 is 1.16 bits per heavy atom. The van der Waals surface area contributed by atoms with Crippen molar-refractivity contribution < 1.29 is 14.0 Å². The third-order valence-corrected chi connectivity index (χ3v) is 5.73. The number of hydrogen-bond donors (Lipinski definition) is 2. The Morgan fingerprint density at radius 2 is 1.91 bits per heavy atom. The van der Waals surface area contributed by atoms with Crippen LogP contribution in [-0.4, -0.2) is 37.3 Å². The van der Waals surface area contributed by atoms with E-state index in [0.717, 1.165) is 18.4 Å². The standard InChI is InChI=1S/C23H21FN6O2/c1-12-3-4-14(23(32)27-15-6-7-15)10-19(12)30-22(25)17(11-26-30)20(31)13-5-8-18-16(9-13)21(24)28-29(18)2/h3-5,8-11,15H,6-7,25H2,1-2H3,(H,27,32). The number of hydrogen-bond acceptors (Lipinski definition) is 5. The number of benzene rings is 2. The van der Waals surface area contributed by atoms with Gasteiger partial charge >= 0.3 is 0 Å². The predicted molar refractivity (Wildman–Crippen MR) is 117 cm³/mol. The first-order chi connectivity index (χ1) is 15.3. The molecule has 2 aromatic heterocycles. The summed E-state index contributed by atoms with van der Waals surface area (Å²) in [7, 11) is 1.64. The van der Waals surface area contributed by atoms with Crippen molar-refractivity contribution in [1.82, 2.24) is 24.9 Å². The van der Waals surface area contributed by atoms with Crippen LogP contribution in [-0.2, 0) is 7.05 Å². The molecule has 5 rings (SSSR count). The molecule has 9 heteroatoms. The quantitative estimate of drug-likeness (QED) is 0.472. The summed E-state index contributed by atoms with van der Waals surface area (Å²) in [4.78, 5) is 25.6. The first-order valence-corrected chi connectivity index (χ1v) is 10.3. The van der Waals surface area contributed by atoms with Gasteiger partial charge in [0.1, 0.15) is 5.82 Å². The van der Waals surface area contributed by atoms with Crippen LogP contribution in [0.3, 0.4) is 0 Å². The number of ketones is 1. The zero-order valence-electron chi connectivity index (χ0n) is 17.6. The van der Waals surface area contributed by atoms with Crippen molar-refractivity contribution in [3.63, 3.8) is 0 Å². The minimum atomic E-state index is -0.641. The number of aromatic nitrogens is 4. The summed E-state index contributed by atoms with van der Waals surface area (Å²) in [5, 5.41) is 11.3. The Morgan fingerprint density at radius 3 is 2.66 bits per heavy atom. The summed E-state index contributed by atoms with van der Waals surface area (Å²) < 4.78 is 16.9. The lowest BCUT2D eigenvalue weighted by Gasteiger charge is -2.11. The fourth-order valence-corrected chi connectivity index (χ4v) is 3.72. The van der Waals surface area contributed by atoms with E-state index in [-0.39, 0.29) is 40.1 Å². The highest BCUT2D eigenvalue weighted by Crippen LogP contribution is 2.26. The van der Waals surface area contributed by atoms with Gasteiger partial charge in [-0.05, 0) is 55.7 Å². The molecule has 0 unspecified atom stereocenters. The van der Waals surface area contributed by atoms with Gasteiger partial charge in [-0.25, -0.2) is 4.68 Å². The Balaban J connectivity index is 1.50. The number of nitrogen functional groups attached to an aromatic ring is 1. The van der Waals surface area contributed by atoms with Gasteiger partial charge in [-0.1, -0.05) is 6.07 Å². The molecule has 3 N–H and O–H groups in total. The largest absolute Gasteiger partial charge is 0.383 e. The van der Waals surface area contributed by atoms with Gasteiger partial charge < -0.3 is 11.1 Å². The van der Waals surface area contributed by atoms with Crippen molar-refractivity contribution in [3.05, 3.63) is 70.8 Å². The second-order valence-electron chi connectivity index (χ2n) is 8.08. The molecule has 0 bridgehead atoms. The minimum Gasteiger partial charge on any atom is -0.383 e. The Hall–Kier alpha value is -4.01. The molecular weight excluding hydrogens is 411 g/mol. The van der Waals surface area contributed by atoms with E-state index in [9.17, 15) is 14.0 Å². The lowest BCUT2D eigenvalue weighted by molar-refractivity contribution is 0.0950. The maximum atomic E-state index is 14.1. The summed E-state index contributed by atoms with van der Waals surface area (Å²) in [5.74, 6) is -1.02. The fraction of sp³-hybridized carbons (Fsp3) is 0.217. The highest BCUT2D eigenvalue weighted by atomic mass is 19.1. The Labute approximate surface area is 182 Å². The van der Waals surface area contributed by atoms with Crippen molar-refractivity contribution in [2.24, 2.45) is 7.05 Å². The van der Waals surface area contributed by atoms with Crippen LogP contribution in [0.1, 0.15) is 44.7 Å². The third-order valence-electron chi connectivity index (χ3n) is 5.73. The maximum Gasteiger partial charge on any atom is 0.251 e. The molecule has 2 heterocycles. The second kappa shape index (κ2) is 7.30. The van der Waals surface area contributed by atoms with Crippen molar-refractivity contribution in [3.8, 4) is 5.69 Å². The molecule has 1 fully saturated rings. The van der Waals surface area contributed by atoms with Crippen LogP contribution in [0, 0.1) is 12.9 Å². The number of carbonyl (C=O) groups is 2. The van der Waals surface area contributed by atoms with Gasteiger partial charge in [0.15, 0.2) is 5.78 Å². The number of halogens is 1. The van der Waals surface area contributed by atoms with E-state index in [4.69, 9.17) is 5.73 Å². The highest BCUT2D eigenvalue weighted by molar-refractivity contribution is 6.13. The van der Waals surface area contributed by atoms with Crippen LogP contribution in [0.4, 0.5) is 10.2 Å². The molecular formula is C23H21FN6O2. The van der Waals surface area contributed by atoms with Gasteiger partial charge in [0.25, 0.3) is 5.91 Å². The van der Waals surface area contributed by atoms with E-state index in [1.54, 1.807) is 31.3 Å². The van der Waals surface area contributed by atoms with Crippen LogP contribution >= 0.6 is 0 Å². The summed E-state index contributed by atoms with van der Waals surface area (Å²) in [5.41, 5.74) is 9.31. The predicted octanol–water partition coefficient (Wildman–Crippen LogP) is 2.91. The zero-order chi connectivity index (χ0) is 22.6. The Kier molecular flexibility index (Phi) is 4.54. The molecule has 0 spiro atoms. The third kappa shape index (κ3) is 3.31. The smallest absolute Gasteiger partial charge is 0.251 e. The number of amides is 1. The first-order valence-electron chi connectivity index (χ1n) is 10.3. The van der Waals surface area contributed by atoms with E-state index < -0.39 is 5.95 Å². The van der Waals surface area contributed by atoms with E-state index in [1.165, 1.54) is 21.6 Å². The topological polar surface area (TPSA) is 108 Å². The molecule has 0 saturated heterocycles. The van der Waals surface area contributed by atoms with Crippen molar-refractivity contribution in [2.45, 2.75) is 25.8 Å². The molecule has 4 aromatic rings. The summed E-state index contributed by atoms with van der Waals surface area (Å²) >= 11 is 0. The number of nitrogens with one attached hydrogen (secondary N) is 1. The number of anilines is 1. The molecule has 0 radical (unpaired) electrons. The normalized spacial score (nSPS) is 13.5. The molecule has 8 nitrogen and oxygen atoms in total. The molecule has 1 amide bonds. The lowest BCUT2D eigenvalue weighted by atomic mass is 10.0. The number of nitrogens with zero attached hydrogens (tertiary/aromatic N) is 4. The van der Waals surface area contributed by atoms with Crippen LogP contribution in [0.25, 0.3) is 16.6 Å². The molecule has 162 valence electrons. The zero-order valence-corrected chi connectivity index (χ0v) is 17.6. The number of rotatable bonds is 5. The van der Waals surface area contributed by atoms with Gasteiger partial charge in [0, 0.05) is 24.2 Å². The average Bonchev–Trinajstić information content (AvgIpc) is 3.44. The van der Waals surface area contributed by atoms with Crippen LogP contribution in [0.5, 0.6) is 0 Å². The monoisotopic (exact) mass is 432 g/mol. The van der Waals surface area contributed by atoms with Crippen LogP contribution in [0.15, 0.2) is 42.6 Å². The maximum absolute atomic E-state index is 14.1. The first kappa shape index (κ1) is 19.9. The molecule has 0 aliphatic heterocycles. The van der Waals surface area contributed by atoms with Crippen molar-refractivity contribution in [2.75, 3.05) is 5.73 Å². The van der Waals surface area contributed by atoms with Crippen molar-refractivity contribution >= 4 is 28.4 Å². The number of aryl methyl sites for hydroxylation is 2. The highest BCUT2D eigenvalue weighted by Gasteiger charge is 2.25. The molecule has 0 atom stereocenters. The number of nitrogens with two attached hydrogens (primary N) is 1. The molecule has 1 aliphatic carbocycles. The van der Waals surface area contributed by atoms with E-state index in [1.807, 2.05) is 13.0 Å². The average molecular weight is 432 g/mol. The molecule has 2 aromatic carbocycles. The van der Waals surface area contributed by atoms with Crippen LogP contribution in [0.2, 0.25) is 0 Å². The molecule has 1 saturated carbocycles. The van der Waals surface area contributed by atoms with E-state index >= 15 is 0 Å². The van der Waals surface area contributed by atoms with Gasteiger partial charge in [-0.3, -0.25) is 14.3 Å². The van der Waals surface area contributed by atoms with E-state index in [2.05, 4.69) is 15.5 Å². The fourth-order valence-electron chi connectivity index (χ4n) is 3.72. The molecule has 1 aliphatic rings. The lowest BCUT2D eigenvalue weighted by Crippen LogP contribution is -2.25. The van der Waals surface area contributed by atoms with Crippen LogP contribution < -0.4 is 11.1 Å². The Bertz CT molecular complexity index is 1400. The van der Waals surface area contributed by atoms with Gasteiger partial charge in [-0.2, -0.15) is 9.49 Å². The van der Waals surface area contributed by atoms with Gasteiger partial charge in [-0.15, -0.1) is 5.10 Å². The van der Waals surface area contributed by atoms with Gasteiger partial charge in [0.05, 0.1) is 28.4 Å². The second-order valence-corrected chi connectivity index (χ2v) is 8.08. The SMILES string of the molecule is Cc1ccc(C(=O)NC2CC2)cc1-n1ncc(C(=O)c2ccc3c(c2)c(F)nn3C)c1N. The van der Waals surface area contributed by atoms with Gasteiger partial charge in [0.2, 0.25) is 5.95 Å². The van der Waals surface area contributed by atoms with E-state index in [0.29, 0.717) is 16.8 Å². The summed E-state index contributed by atoms with van der Waals surface area (Å²) in [6, 6.07) is 10.2.